The maximum absolute atomic E-state index is 13.3. The normalized spacial score (nSPS) is 17.7. The molecule has 0 saturated carbocycles. The number of amides is 2. The second-order valence-corrected chi connectivity index (χ2v) is 8.85. The summed E-state index contributed by atoms with van der Waals surface area (Å²) in [7, 11) is 3.05. The van der Waals surface area contributed by atoms with Crippen molar-refractivity contribution in [2.24, 2.45) is 0 Å². The number of benzene rings is 2. The van der Waals surface area contributed by atoms with E-state index in [1.165, 1.54) is 24.9 Å². The average molecular weight is 496 g/mol. The number of hydrogen-bond donors (Lipinski definition) is 2. The van der Waals surface area contributed by atoms with Gasteiger partial charge in [-0.25, -0.2) is 14.2 Å². The first-order chi connectivity index (χ1) is 16.8. The maximum atomic E-state index is 13.3. The zero-order chi connectivity index (χ0) is 25.0. The molecule has 3 aromatic rings. The highest BCUT2D eigenvalue weighted by Crippen LogP contribution is 2.49. The lowest BCUT2D eigenvalue weighted by atomic mass is 10.1. The van der Waals surface area contributed by atoms with Crippen molar-refractivity contribution in [3.05, 3.63) is 62.7 Å². The predicted molar refractivity (Wildman–Crippen MR) is 128 cm³/mol. The third-order valence-electron chi connectivity index (χ3n) is 6.64. The molecule has 2 aromatic carbocycles. The van der Waals surface area contributed by atoms with Gasteiger partial charge in [0.25, 0.3) is 0 Å². The molecule has 0 spiro atoms. The minimum absolute atomic E-state index is 0.223. The molecule has 5 rings (SSSR count). The lowest BCUT2D eigenvalue weighted by Crippen LogP contribution is -2.40. The lowest BCUT2D eigenvalue weighted by Gasteiger charge is -2.28. The van der Waals surface area contributed by atoms with Gasteiger partial charge in [-0.15, -0.1) is 0 Å². The summed E-state index contributed by atoms with van der Waals surface area (Å²) in [5.41, 5.74) is 1.63. The number of rotatable bonds is 4. The van der Waals surface area contributed by atoms with Crippen LogP contribution in [0.1, 0.15) is 35.3 Å². The molecule has 0 radical (unpaired) electrons. The molecule has 2 N–H and O–H groups in total. The summed E-state index contributed by atoms with van der Waals surface area (Å²) in [5.74, 6) is 0.817. The third-order valence-corrected chi connectivity index (χ3v) is 7.13. The minimum Gasteiger partial charge on any atom is -0.497 e. The molecule has 0 aliphatic carbocycles. The first-order valence-corrected chi connectivity index (χ1v) is 11.2. The highest BCUT2D eigenvalue weighted by molar-refractivity contribution is 6.32. The number of hydrogen-bond acceptors (Lipinski definition) is 6. The Labute approximate surface area is 205 Å². The van der Waals surface area contributed by atoms with Crippen molar-refractivity contribution >= 4 is 23.3 Å². The van der Waals surface area contributed by atoms with E-state index in [0.29, 0.717) is 47.1 Å². The summed E-state index contributed by atoms with van der Waals surface area (Å²) in [6.07, 6.45) is 0.529. The predicted octanol–water partition coefficient (Wildman–Crippen LogP) is 3.73. The van der Waals surface area contributed by atoms with E-state index < -0.39 is 11.7 Å². The molecule has 1 fully saturated rings. The van der Waals surface area contributed by atoms with Crippen LogP contribution in [0.2, 0.25) is 5.02 Å². The Kier molecular flexibility index (Phi) is 5.37. The number of ether oxygens (including phenoxy) is 2. The fraction of sp³-hybridized carbons (Fsp3) is 0.292. The summed E-state index contributed by atoms with van der Waals surface area (Å²) in [6.45, 7) is 2.00. The summed E-state index contributed by atoms with van der Waals surface area (Å²) in [4.78, 5) is 28.1. The molecule has 10 nitrogen and oxygen atoms in total. The SMILES string of the molecule is COc1cc(NC(=O)N2CC3CC2c2c(O)n(-c4ccc(C#N)c(Cl)c4C)c(=O)n23)cc(OC)c1. The molecule has 1 aromatic heterocycles. The highest BCUT2D eigenvalue weighted by atomic mass is 35.5. The van der Waals surface area contributed by atoms with Crippen LogP contribution < -0.4 is 20.5 Å². The van der Waals surface area contributed by atoms with E-state index in [9.17, 15) is 20.0 Å². The molecule has 2 aliphatic rings. The first kappa shape index (κ1) is 22.7. The van der Waals surface area contributed by atoms with Crippen molar-refractivity contribution in [3.8, 4) is 29.1 Å². The van der Waals surface area contributed by atoms with Gasteiger partial charge in [0.05, 0.1) is 42.6 Å². The van der Waals surface area contributed by atoms with Crippen molar-refractivity contribution in [1.29, 1.82) is 5.26 Å². The Hall–Kier alpha value is -4.10. The van der Waals surface area contributed by atoms with Gasteiger partial charge < -0.3 is 24.8 Å². The molecule has 2 amide bonds. The third kappa shape index (κ3) is 3.39. The largest absolute Gasteiger partial charge is 0.497 e. The van der Waals surface area contributed by atoms with Gasteiger partial charge in [-0.1, -0.05) is 11.6 Å². The molecule has 1 saturated heterocycles. The molecule has 11 heteroatoms. The van der Waals surface area contributed by atoms with Gasteiger partial charge in [0, 0.05) is 30.4 Å². The van der Waals surface area contributed by atoms with E-state index in [2.05, 4.69) is 5.32 Å². The number of urea groups is 1. The Morgan fingerprint density at radius 1 is 1.23 bits per heavy atom. The van der Waals surface area contributed by atoms with E-state index in [-0.39, 0.29) is 28.5 Å². The smallest absolute Gasteiger partial charge is 0.336 e. The summed E-state index contributed by atoms with van der Waals surface area (Å²) < 4.78 is 13.3. The number of anilines is 1. The standard InChI is InChI=1S/C24H22ClN5O5/c1-12-18(5-4-13(10-26)20(12)25)30-22(31)21-19-8-15(29(21)24(30)33)11-28(19)23(32)27-14-6-16(34-2)9-17(7-14)35-3/h4-7,9,15,19,31H,8,11H2,1-3H3,(H,27,32). The number of likely N-dealkylation sites (tertiary alicyclic amines) is 1. The van der Waals surface area contributed by atoms with Gasteiger partial charge in [0.2, 0.25) is 5.88 Å². The molecule has 2 atom stereocenters. The Morgan fingerprint density at radius 3 is 2.54 bits per heavy atom. The van der Waals surface area contributed by atoms with Gasteiger partial charge in [0.1, 0.15) is 23.3 Å². The Morgan fingerprint density at radius 2 is 1.91 bits per heavy atom. The van der Waals surface area contributed by atoms with Crippen LogP contribution in [-0.2, 0) is 0 Å². The lowest BCUT2D eigenvalue weighted by molar-refractivity contribution is 0.198. The Balaban J connectivity index is 1.49. The van der Waals surface area contributed by atoms with Crippen LogP contribution >= 0.6 is 11.6 Å². The quantitative estimate of drug-likeness (QED) is 0.568. The van der Waals surface area contributed by atoms with Gasteiger partial charge in [0.15, 0.2) is 0 Å². The monoisotopic (exact) mass is 495 g/mol. The number of carbonyl (C=O) groups excluding carboxylic acids is 1. The zero-order valence-electron chi connectivity index (χ0n) is 19.2. The van der Waals surface area contributed by atoms with Crippen LogP contribution in [0.5, 0.6) is 17.4 Å². The molecule has 3 heterocycles. The number of nitrogens with zero attached hydrogens (tertiary/aromatic N) is 4. The van der Waals surface area contributed by atoms with Crippen LogP contribution in [0.15, 0.2) is 35.1 Å². The van der Waals surface area contributed by atoms with E-state index in [1.54, 1.807) is 40.7 Å². The minimum atomic E-state index is -0.476. The van der Waals surface area contributed by atoms with E-state index in [4.69, 9.17) is 21.1 Å². The summed E-state index contributed by atoms with van der Waals surface area (Å²) >= 11 is 6.30. The number of methoxy groups -OCH3 is 2. The highest BCUT2D eigenvalue weighted by Gasteiger charge is 2.49. The number of fused-ring (bicyclic) bond motifs is 5. The molecular weight excluding hydrogens is 474 g/mol. The van der Waals surface area contributed by atoms with Crippen molar-refractivity contribution in [3.63, 3.8) is 0 Å². The fourth-order valence-electron chi connectivity index (χ4n) is 4.97. The molecule has 2 aliphatic heterocycles. The van der Waals surface area contributed by atoms with Crippen LogP contribution in [0.3, 0.4) is 0 Å². The van der Waals surface area contributed by atoms with Gasteiger partial charge in [-0.2, -0.15) is 5.26 Å². The van der Waals surface area contributed by atoms with Gasteiger partial charge >= 0.3 is 11.7 Å². The molecule has 2 bridgehead atoms. The number of nitriles is 1. The molecular formula is C24H22ClN5O5. The van der Waals surface area contributed by atoms with Gasteiger partial charge in [-0.3, -0.25) is 4.57 Å². The number of aromatic hydroxyl groups is 1. The second-order valence-electron chi connectivity index (χ2n) is 8.47. The van der Waals surface area contributed by atoms with E-state index >= 15 is 0 Å². The van der Waals surface area contributed by atoms with Crippen LogP contribution in [-0.4, -0.2) is 45.9 Å². The number of carbonyl (C=O) groups is 1. The van der Waals surface area contributed by atoms with Crippen LogP contribution in [0.4, 0.5) is 10.5 Å². The Bertz CT molecular complexity index is 1450. The van der Waals surface area contributed by atoms with Crippen LogP contribution in [0, 0.1) is 18.3 Å². The summed E-state index contributed by atoms with van der Waals surface area (Å²) in [6, 6.07) is 9.04. The van der Waals surface area contributed by atoms with Crippen molar-refractivity contribution in [2.45, 2.75) is 25.4 Å². The zero-order valence-corrected chi connectivity index (χ0v) is 20.0. The average Bonchev–Trinajstić information content (AvgIpc) is 3.52. The number of nitrogens with one attached hydrogen (secondary N) is 1. The van der Waals surface area contributed by atoms with Crippen molar-refractivity contribution in [1.82, 2.24) is 14.0 Å². The maximum Gasteiger partial charge on any atom is 0.336 e. The van der Waals surface area contributed by atoms with Gasteiger partial charge in [-0.05, 0) is 31.0 Å². The van der Waals surface area contributed by atoms with Crippen LogP contribution in [0.25, 0.3) is 5.69 Å². The second kappa shape index (κ2) is 8.29. The van der Waals surface area contributed by atoms with Crippen molar-refractivity contribution in [2.75, 3.05) is 26.1 Å². The number of aromatic nitrogens is 2. The molecule has 2 unspecified atom stereocenters. The molecule has 180 valence electrons. The molecule has 35 heavy (non-hydrogen) atoms. The topological polar surface area (TPSA) is 122 Å². The van der Waals surface area contributed by atoms with E-state index in [1.807, 2.05) is 6.07 Å². The number of halogens is 1. The summed E-state index contributed by atoms with van der Waals surface area (Å²) in [5, 5.41) is 23.4. The van der Waals surface area contributed by atoms with E-state index in [0.717, 1.165) is 0 Å². The number of imidazole rings is 1. The first-order valence-electron chi connectivity index (χ1n) is 10.8. The fourth-order valence-corrected chi connectivity index (χ4v) is 5.17. The van der Waals surface area contributed by atoms with Crippen molar-refractivity contribution < 1.29 is 19.4 Å².